The van der Waals surface area contributed by atoms with Crippen molar-refractivity contribution < 1.29 is 9.47 Å². The van der Waals surface area contributed by atoms with Gasteiger partial charge in [-0.3, -0.25) is 0 Å². The second-order valence-electron chi connectivity index (χ2n) is 3.88. The Morgan fingerprint density at radius 2 is 1.17 bits per heavy atom. The number of benzene rings is 2. The van der Waals surface area contributed by atoms with Crippen LogP contribution in [0, 0.1) is 0 Å². The van der Waals surface area contributed by atoms with E-state index in [9.17, 15) is 0 Å². The van der Waals surface area contributed by atoms with Gasteiger partial charge in [-0.1, -0.05) is 12.1 Å². The molecule has 0 radical (unpaired) electrons. The molecule has 0 spiro atoms. The van der Waals surface area contributed by atoms with E-state index < -0.39 is 0 Å². The van der Waals surface area contributed by atoms with Crippen molar-refractivity contribution in [2.75, 3.05) is 14.2 Å². The second-order valence-corrected chi connectivity index (χ2v) is 3.88. The number of ether oxygens (including phenoxy) is 2. The Labute approximate surface area is 104 Å². The summed E-state index contributed by atoms with van der Waals surface area (Å²) in [5.41, 5.74) is 3.12. The minimum Gasteiger partial charge on any atom is -0.494 e. The van der Waals surface area contributed by atoms with E-state index in [-0.39, 0.29) is 0 Å². The van der Waals surface area contributed by atoms with E-state index in [1.54, 1.807) is 14.2 Å². The Bertz CT molecular complexity index is 662. The third kappa shape index (κ3) is 1.54. The second kappa shape index (κ2) is 4.14. The Hall–Kier alpha value is -2.36. The van der Waals surface area contributed by atoms with Crippen molar-refractivity contribution in [1.82, 2.24) is 9.97 Å². The molecule has 3 aromatic rings. The molecule has 0 N–H and O–H groups in total. The molecule has 0 atom stereocenters. The van der Waals surface area contributed by atoms with Gasteiger partial charge in [-0.15, -0.1) is 0 Å². The zero-order chi connectivity index (χ0) is 12.5. The van der Waals surface area contributed by atoms with Crippen molar-refractivity contribution in [2.24, 2.45) is 0 Å². The Balaban J connectivity index is 2.43. The molecular weight excluding hydrogens is 228 g/mol. The van der Waals surface area contributed by atoms with Crippen molar-refractivity contribution in [2.45, 2.75) is 0 Å². The third-order valence-electron chi connectivity index (χ3n) is 2.86. The van der Waals surface area contributed by atoms with Crippen molar-refractivity contribution >= 4 is 22.1 Å². The fourth-order valence-electron chi connectivity index (χ4n) is 2.00. The lowest BCUT2D eigenvalue weighted by molar-refractivity contribution is 0.417. The van der Waals surface area contributed by atoms with Crippen LogP contribution in [0.2, 0.25) is 0 Å². The SMILES string of the molecule is COc1cccc2nc3c(OC)cccc3nc12. The van der Waals surface area contributed by atoms with E-state index in [4.69, 9.17) is 9.47 Å². The van der Waals surface area contributed by atoms with Crippen molar-refractivity contribution in [3.63, 3.8) is 0 Å². The molecule has 4 heteroatoms. The number of hydrogen-bond acceptors (Lipinski definition) is 4. The zero-order valence-electron chi connectivity index (χ0n) is 10.2. The summed E-state index contributed by atoms with van der Waals surface area (Å²) >= 11 is 0. The fourth-order valence-corrected chi connectivity index (χ4v) is 2.00. The van der Waals surface area contributed by atoms with Crippen LogP contribution in [0.4, 0.5) is 0 Å². The molecule has 3 rings (SSSR count). The number of fused-ring (bicyclic) bond motifs is 2. The van der Waals surface area contributed by atoms with Gasteiger partial charge in [-0.25, -0.2) is 9.97 Å². The Kier molecular flexibility index (Phi) is 2.48. The summed E-state index contributed by atoms with van der Waals surface area (Å²) in [4.78, 5) is 9.18. The fraction of sp³-hybridized carbons (Fsp3) is 0.143. The Morgan fingerprint density at radius 3 is 1.56 bits per heavy atom. The standard InChI is InChI=1S/C14H12N2O2/c1-17-11-7-3-5-9-13(11)15-10-6-4-8-12(18-2)14(10)16-9/h3-8H,1-2H3. The van der Waals surface area contributed by atoms with E-state index in [0.717, 1.165) is 33.6 Å². The maximum absolute atomic E-state index is 5.30. The van der Waals surface area contributed by atoms with E-state index >= 15 is 0 Å². The van der Waals surface area contributed by atoms with E-state index in [1.807, 2.05) is 36.4 Å². The van der Waals surface area contributed by atoms with Gasteiger partial charge in [0.2, 0.25) is 0 Å². The van der Waals surface area contributed by atoms with Gasteiger partial charge in [0.1, 0.15) is 22.5 Å². The van der Waals surface area contributed by atoms with Crippen LogP contribution in [0.3, 0.4) is 0 Å². The molecule has 0 aliphatic rings. The first-order chi connectivity index (χ1) is 8.83. The number of nitrogens with zero attached hydrogens (tertiary/aromatic N) is 2. The molecule has 0 bridgehead atoms. The van der Waals surface area contributed by atoms with Crippen molar-refractivity contribution in [1.29, 1.82) is 0 Å². The molecule has 0 fully saturated rings. The highest BCUT2D eigenvalue weighted by molar-refractivity contribution is 5.92. The van der Waals surface area contributed by atoms with Crippen LogP contribution in [0.25, 0.3) is 22.1 Å². The highest BCUT2D eigenvalue weighted by Gasteiger charge is 2.09. The molecule has 4 nitrogen and oxygen atoms in total. The number of methoxy groups -OCH3 is 2. The van der Waals surface area contributed by atoms with Crippen molar-refractivity contribution in [3.8, 4) is 11.5 Å². The first-order valence-electron chi connectivity index (χ1n) is 5.61. The lowest BCUT2D eigenvalue weighted by atomic mass is 10.2. The molecule has 0 unspecified atom stereocenters. The third-order valence-corrected chi connectivity index (χ3v) is 2.86. The molecule has 0 saturated heterocycles. The topological polar surface area (TPSA) is 44.2 Å². The van der Waals surface area contributed by atoms with Gasteiger partial charge in [0, 0.05) is 0 Å². The lowest BCUT2D eigenvalue weighted by Crippen LogP contribution is -1.93. The van der Waals surface area contributed by atoms with Crippen LogP contribution >= 0.6 is 0 Å². The molecule has 0 aliphatic carbocycles. The van der Waals surface area contributed by atoms with E-state index in [0.29, 0.717) is 0 Å². The summed E-state index contributed by atoms with van der Waals surface area (Å²) in [6.45, 7) is 0. The summed E-state index contributed by atoms with van der Waals surface area (Å²) in [6.07, 6.45) is 0. The Morgan fingerprint density at radius 1 is 0.722 bits per heavy atom. The monoisotopic (exact) mass is 240 g/mol. The molecule has 18 heavy (non-hydrogen) atoms. The van der Waals surface area contributed by atoms with Gasteiger partial charge >= 0.3 is 0 Å². The quantitative estimate of drug-likeness (QED) is 0.646. The van der Waals surface area contributed by atoms with Crippen LogP contribution in [-0.2, 0) is 0 Å². The maximum Gasteiger partial charge on any atom is 0.146 e. The summed E-state index contributed by atoms with van der Waals surface area (Å²) in [5, 5.41) is 0. The summed E-state index contributed by atoms with van der Waals surface area (Å²) < 4.78 is 10.6. The molecule has 0 amide bonds. The molecule has 90 valence electrons. The molecule has 1 aromatic heterocycles. The van der Waals surface area contributed by atoms with Gasteiger partial charge in [0.05, 0.1) is 25.3 Å². The normalized spacial score (nSPS) is 10.8. The first-order valence-corrected chi connectivity index (χ1v) is 5.61. The lowest BCUT2D eigenvalue weighted by Gasteiger charge is -2.07. The van der Waals surface area contributed by atoms with Gasteiger partial charge in [-0.05, 0) is 24.3 Å². The predicted octanol–water partition coefficient (Wildman–Crippen LogP) is 2.80. The van der Waals surface area contributed by atoms with Gasteiger partial charge in [-0.2, -0.15) is 0 Å². The molecule has 0 saturated carbocycles. The van der Waals surface area contributed by atoms with Crippen LogP contribution in [0.5, 0.6) is 11.5 Å². The predicted molar refractivity (Wildman–Crippen MR) is 70.1 cm³/mol. The van der Waals surface area contributed by atoms with Crippen LogP contribution in [-0.4, -0.2) is 24.2 Å². The van der Waals surface area contributed by atoms with E-state index in [1.165, 1.54) is 0 Å². The van der Waals surface area contributed by atoms with Crippen molar-refractivity contribution in [3.05, 3.63) is 36.4 Å². The largest absolute Gasteiger partial charge is 0.494 e. The average molecular weight is 240 g/mol. The maximum atomic E-state index is 5.30. The highest BCUT2D eigenvalue weighted by atomic mass is 16.5. The smallest absolute Gasteiger partial charge is 0.146 e. The summed E-state index contributed by atoms with van der Waals surface area (Å²) in [6, 6.07) is 11.4. The number of aromatic nitrogens is 2. The minimum atomic E-state index is 0.727. The average Bonchev–Trinajstić information content (AvgIpc) is 2.43. The minimum absolute atomic E-state index is 0.727. The summed E-state index contributed by atoms with van der Waals surface area (Å²) in [5.74, 6) is 1.45. The molecular formula is C14H12N2O2. The van der Waals surface area contributed by atoms with Gasteiger partial charge < -0.3 is 9.47 Å². The van der Waals surface area contributed by atoms with Crippen LogP contribution in [0.1, 0.15) is 0 Å². The number of rotatable bonds is 2. The summed E-state index contributed by atoms with van der Waals surface area (Å²) in [7, 11) is 3.26. The van der Waals surface area contributed by atoms with E-state index in [2.05, 4.69) is 9.97 Å². The first kappa shape index (κ1) is 10.8. The van der Waals surface area contributed by atoms with Gasteiger partial charge in [0.25, 0.3) is 0 Å². The zero-order valence-corrected chi connectivity index (χ0v) is 10.2. The van der Waals surface area contributed by atoms with Gasteiger partial charge in [0.15, 0.2) is 0 Å². The van der Waals surface area contributed by atoms with Crippen LogP contribution in [0.15, 0.2) is 36.4 Å². The molecule has 0 aliphatic heterocycles. The van der Waals surface area contributed by atoms with Crippen LogP contribution < -0.4 is 9.47 Å². The number of hydrogen-bond donors (Lipinski definition) is 0. The highest BCUT2D eigenvalue weighted by Crippen LogP contribution is 2.28. The molecule has 1 heterocycles. The number of para-hydroxylation sites is 2. The molecule has 2 aromatic carbocycles.